The molecule has 1 N–H and O–H groups in total. The summed E-state index contributed by atoms with van der Waals surface area (Å²) in [6, 6.07) is 5.51. The predicted octanol–water partition coefficient (Wildman–Crippen LogP) is 2.19. The molecule has 0 aliphatic heterocycles. The molecular formula is C10H7BrO2. The van der Waals surface area contributed by atoms with Crippen LogP contribution in [0, 0.1) is 18.8 Å². The Balaban J connectivity index is 3.05. The van der Waals surface area contributed by atoms with E-state index in [0.717, 1.165) is 15.6 Å². The minimum absolute atomic E-state index is 0.741. The highest BCUT2D eigenvalue weighted by Crippen LogP contribution is 2.14. The number of carboxylic acids is 1. The fourth-order valence-electron chi connectivity index (χ4n) is 0.888. The van der Waals surface area contributed by atoms with Crippen LogP contribution in [-0.4, -0.2) is 11.1 Å². The van der Waals surface area contributed by atoms with Crippen LogP contribution in [0.2, 0.25) is 0 Å². The summed E-state index contributed by atoms with van der Waals surface area (Å²) in [6.07, 6.45) is 0. The Kier molecular flexibility index (Phi) is 3.10. The van der Waals surface area contributed by atoms with Crippen LogP contribution in [0.5, 0.6) is 0 Å². The highest BCUT2D eigenvalue weighted by molar-refractivity contribution is 9.10. The second kappa shape index (κ2) is 4.11. The van der Waals surface area contributed by atoms with Gasteiger partial charge in [-0.2, -0.15) is 0 Å². The second-order valence-electron chi connectivity index (χ2n) is 2.51. The molecule has 0 amide bonds. The Hall–Kier alpha value is -1.27. The van der Waals surface area contributed by atoms with Gasteiger partial charge in [0, 0.05) is 16.0 Å². The normalized spacial score (nSPS) is 8.77. The number of benzene rings is 1. The summed E-state index contributed by atoms with van der Waals surface area (Å²) in [5.74, 6) is 3.53. The number of aliphatic carboxylic acids is 1. The van der Waals surface area contributed by atoms with E-state index in [1.165, 1.54) is 0 Å². The third-order valence-electron chi connectivity index (χ3n) is 1.49. The molecule has 1 rings (SSSR count). The van der Waals surface area contributed by atoms with Crippen LogP contribution in [0.1, 0.15) is 11.1 Å². The first-order valence-corrected chi connectivity index (χ1v) is 4.40. The predicted molar refractivity (Wildman–Crippen MR) is 53.4 cm³/mol. The SMILES string of the molecule is Cc1cc(Br)ccc1C#CC(=O)O. The van der Waals surface area contributed by atoms with Gasteiger partial charge in [0.15, 0.2) is 0 Å². The minimum atomic E-state index is -1.11. The molecule has 0 heterocycles. The standard InChI is InChI=1S/C10H7BrO2/c1-7-6-9(11)4-2-8(7)3-5-10(12)13/h2,4,6H,1H3,(H,12,13). The second-order valence-corrected chi connectivity index (χ2v) is 3.43. The monoisotopic (exact) mass is 238 g/mol. The van der Waals surface area contributed by atoms with E-state index in [1.807, 2.05) is 19.1 Å². The summed E-state index contributed by atoms with van der Waals surface area (Å²) in [5, 5.41) is 8.34. The maximum Gasteiger partial charge on any atom is 0.382 e. The number of aryl methyl sites for hydroxylation is 1. The molecule has 0 aliphatic rings. The lowest BCUT2D eigenvalue weighted by molar-refractivity contribution is -0.130. The lowest BCUT2D eigenvalue weighted by Gasteiger charge is -1.97. The Morgan fingerprint density at radius 1 is 1.54 bits per heavy atom. The number of hydrogen-bond acceptors (Lipinski definition) is 1. The fraction of sp³-hybridized carbons (Fsp3) is 0.100. The first-order valence-electron chi connectivity index (χ1n) is 3.60. The Morgan fingerprint density at radius 3 is 2.77 bits per heavy atom. The number of halogens is 1. The summed E-state index contributed by atoms with van der Waals surface area (Å²) in [7, 11) is 0. The molecule has 0 spiro atoms. The number of rotatable bonds is 0. The molecule has 66 valence electrons. The first kappa shape index (κ1) is 9.82. The lowest BCUT2D eigenvalue weighted by atomic mass is 10.1. The maximum absolute atomic E-state index is 10.2. The summed E-state index contributed by atoms with van der Waals surface area (Å²) < 4.78 is 0.964. The van der Waals surface area contributed by atoms with Gasteiger partial charge < -0.3 is 5.11 Å². The van der Waals surface area contributed by atoms with Crippen molar-refractivity contribution in [2.45, 2.75) is 6.92 Å². The van der Waals surface area contributed by atoms with Gasteiger partial charge in [0.2, 0.25) is 0 Å². The van der Waals surface area contributed by atoms with Crippen LogP contribution in [0.15, 0.2) is 22.7 Å². The van der Waals surface area contributed by atoms with Crippen molar-refractivity contribution in [2.75, 3.05) is 0 Å². The molecule has 0 unspecified atom stereocenters. The van der Waals surface area contributed by atoms with E-state index in [9.17, 15) is 4.79 Å². The van der Waals surface area contributed by atoms with Crippen molar-refractivity contribution in [3.63, 3.8) is 0 Å². The van der Waals surface area contributed by atoms with Crippen molar-refractivity contribution in [2.24, 2.45) is 0 Å². The molecular weight excluding hydrogens is 232 g/mol. The van der Waals surface area contributed by atoms with Crippen LogP contribution < -0.4 is 0 Å². The smallest absolute Gasteiger partial charge is 0.382 e. The van der Waals surface area contributed by atoms with Gasteiger partial charge in [0.05, 0.1) is 0 Å². The van der Waals surface area contributed by atoms with Crippen molar-refractivity contribution < 1.29 is 9.90 Å². The molecule has 0 aliphatic carbocycles. The summed E-state index contributed by atoms with van der Waals surface area (Å²) in [6.45, 7) is 1.89. The number of carbonyl (C=O) groups is 1. The molecule has 13 heavy (non-hydrogen) atoms. The van der Waals surface area contributed by atoms with Gasteiger partial charge in [-0.05, 0) is 30.7 Å². The van der Waals surface area contributed by atoms with Crippen molar-refractivity contribution in [3.8, 4) is 11.8 Å². The van der Waals surface area contributed by atoms with Gasteiger partial charge >= 0.3 is 5.97 Å². The van der Waals surface area contributed by atoms with Gasteiger partial charge in [-0.15, -0.1) is 0 Å². The molecule has 0 aromatic heterocycles. The largest absolute Gasteiger partial charge is 0.472 e. The van der Waals surface area contributed by atoms with Gasteiger partial charge in [-0.25, -0.2) is 4.79 Å². The Morgan fingerprint density at radius 2 is 2.23 bits per heavy atom. The van der Waals surface area contributed by atoms with E-state index in [0.29, 0.717) is 0 Å². The topological polar surface area (TPSA) is 37.3 Å². The van der Waals surface area contributed by atoms with Crippen LogP contribution in [0.25, 0.3) is 0 Å². The Bertz CT molecular complexity index is 399. The van der Waals surface area contributed by atoms with Crippen molar-refractivity contribution >= 4 is 21.9 Å². The summed E-state index contributed by atoms with van der Waals surface area (Å²) in [4.78, 5) is 10.2. The molecule has 0 radical (unpaired) electrons. The van der Waals surface area contributed by atoms with E-state index in [4.69, 9.17) is 5.11 Å². The highest BCUT2D eigenvalue weighted by atomic mass is 79.9. The van der Waals surface area contributed by atoms with Gasteiger partial charge in [0.25, 0.3) is 0 Å². The lowest BCUT2D eigenvalue weighted by Crippen LogP contribution is -1.88. The number of carboxylic acid groups (broad SMARTS) is 1. The minimum Gasteiger partial charge on any atom is -0.472 e. The molecule has 1 aromatic carbocycles. The first-order chi connectivity index (χ1) is 6.09. The van der Waals surface area contributed by atoms with Crippen LogP contribution >= 0.6 is 15.9 Å². The van der Waals surface area contributed by atoms with Crippen LogP contribution in [0.4, 0.5) is 0 Å². The number of hydrogen-bond donors (Lipinski definition) is 1. The van der Waals surface area contributed by atoms with Crippen molar-refractivity contribution in [3.05, 3.63) is 33.8 Å². The van der Waals surface area contributed by atoms with Gasteiger partial charge in [-0.3, -0.25) is 0 Å². The van der Waals surface area contributed by atoms with E-state index in [1.54, 1.807) is 6.07 Å². The fourth-order valence-corrected chi connectivity index (χ4v) is 1.36. The molecule has 0 saturated heterocycles. The summed E-state index contributed by atoms with van der Waals surface area (Å²) >= 11 is 3.31. The third kappa shape index (κ3) is 2.92. The van der Waals surface area contributed by atoms with Crippen molar-refractivity contribution in [1.82, 2.24) is 0 Å². The molecule has 3 heteroatoms. The zero-order valence-corrected chi connectivity index (χ0v) is 8.55. The quantitative estimate of drug-likeness (QED) is 0.704. The molecule has 1 aromatic rings. The summed E-state index contributed by atoms with van der Waals surface area (Å²) in [5.41, 5.74) is 1.70. The van der Waals surface area contributed by atoms with Crippen LogP contribution in [0.3, 0.4) is 0 Å². The molecule has 0 saturated carbocycles. The average Bonchev–Trinajstić information content (AvgIpc) is 2.02. The maximum atomic E-state index is 10.2. The highest BCUT2D eigenvalue weighted by Gasteiger charge is 1.95. The third-order valence-corrected chi connectivity index (χ3v) is 1.99. The Labute approximate surface area is 84.7 Å². The molecule has 0 fully saturated rings. The van der Waals surface area contributed by atoms with Crippen molar-refractivity contribution in [1.29, 1.82) is 0 Å². The molecule has 0 atom stereocenters. The molecule has 2 nitrogen and oxygen atoms in total. The van der Waals surface area contributed by atoms with E-state index < -0.39 is 5.97 Å². The average molecular weight is 239 g/mol. The van der Waals surface area contributed by atoms with E-state index in [2.05, 4.69) is 27.8 Å². The van der Waals surface area contributed by atoms with Crippen LogP contribution in [-0.2, 0) is 4.79 Å². The van der Waals surface area contributed by atoms with E-state index >= 15 is 0 Å². The van der Waals surface area contributed by atoms with Gasteiger partial charge in [0.1, 0.15) is 0 Å². The molecule has 0 bridgehead atoms. The van der Waals surface area contributed by atoms with Gasteiger partial charge in [-0.1, -0.05) is 21.9 Å². The zero-order chi connectivity index (χ0) is 9.84. The van der Waals surface area contributed by atoms with E-state index in [-0.39, 0.29) is 0 Å². The zero-order valence-electron chi connectivity index (χ0n) is 6.97.